The molecule has 1 aliphatic carbocycles. The Morgan fingerprint density at radius 3 is 2.34 bits per heavy atom. The Balaban J connectivity index is 1.14. The van der Waals surface area contributed by atoms with Crippen molar-refractivity contribution in [2.24, 2.45) is 5.41 Å². The zero-order valence-corrected chi connectivity index (χ0v) is 22.0. The van der Waals surface area contributed by atoms with E-state index in [-0.39, 0.29) is 17.4 Å². The average Bonchev–Trinajstić information content (AvgIpc) is 3.44. The van der Waals surface area contributed by atoms with Crippen LogP contribution in [0.3, 0.4) is 0 Å². The predicted molar refractivity (Wildman–Crippen MR) is 142 cm³/mol. The Morgan fingerprint density at radius 1 is 1.06 bits per heavy atom. The van der Waals surface area contributed by atoms with Crippen LogP contribution in [-0.2, 0) is 5.41 Å². The van der Waals surface area contributed by atoms with E-state index in [0.29, 0.717) is 27.7 Å². The number of hydrogen-bond donors (Lipinski definition) is 1. The van der Waals surface area contributed by atoms with Crippen LogP contribution in [0.1, 0.15) is 68.8 Å². The zero-order valence-electron chi connectivity index (χ0n) is 21.2. The second-order valence-electron chi connectivity index (χ2n) is 11.2. The number of anilines is 1. The fraction of sp³-hybridized carbons (Fsp3) is 0.552. The first-order valence-corrected chi connectivity index (χ1v) is 13.4. The molecule has 0 radical (unpaired) electrons. The SMILES string of the molecule is CC(C)Oc1ccc(C2(C)CC23CCN(C2CCN(C(=O)c4cccc(Cl)c4N)CC2)CC3)cc1. The fourth-order valence-corrected chi connectivity index (χ4v) is 6.76. The smallest absolute Gasteiger partial charge is 0.255 e. The predicted octanol–water partition coefficient (Wildman–Crippen LogP) is 5.76. The van der Waals surface area contributed by atoms with Crippen molar-refractivity contribution in [1.29, 1.82) is 0 Å². The third-order valence-electron chi connectivity index (χ3n) is 8.91. The van der Waals surface area contributed by atoms with Gasteiger partial charge in [0.1, 0.15) is 5.75 Å². The molecule has 0 aromatic heterocycles. The van der Waals surface area contributed by atoms with Gasteiger partial charge in [-0.3, -0.25) is 4.79 Å². The highest BCUT2D eigenvalue weighted by atomic mass is 35.5. The number of nitrogen functional groups attached to an aromatic ring is 1. The van der Waals surface area contributed by atoms with Crippen LogP contribution in [0.15, 0.2) is 42.5 Å². The van der Waals surface area contributed by atoms with Crippen LogP contribution in [-0.4, -0.2) is 54.0 Å². The van der Waals surface area contributed by atoms with Crippen LogP contribution in [0.2, 0.25) is 5.02 Å². The van der Waals surface area contributed by atoms with Crippen LogP contribution in [0.4, 0.5) is 5.69 Å². The second-order valence-corrected chi connectivity index (χ2v) is 11.6. The van der Waals surface area contributed by atoms with Crippen molar-refractivity contribution in [2.45, 2.75) is 70.4 Å². The van der Waals surface area contributed by atoms with Gasteiger partial charge in [0.25, 0.3) is 5.91 Å². The number of amides is 1. The highest BCUT2D eigenvalue weighted by Crippen LogP contribution is 2.69. The summed E-state index contributed by atoms with van der Waals surface area (Å²) in [6.07, 6.45) is 6.04. The molecule has 2 N–H and O–H groups in total. The molecule has 35 heavy (non-hydrogen) atoms. The number of para-hydroxylation sites is 1. The maximum atomic E-state index is 13.0. The summed E-state index contributed by atoms with van der Waals surface area (Å²) in [5.41, 5.74) is 9.14. The Morgan fingerprint density at radius 2 is 1.71 bits per heavy atom. The molecule has 1 spiro atoms. The molecule has 2 aromatic rings. The van der Waals surface area contributed by atoms with Crippen molar-refractivity contribution >= 4 is 23.2 Å². The monoisotopic (exact) mass is 495 g/mol. The fourth-order valence-electron chi connectivity index (χ4n) is 6.59. The number of piperidine rings is 2. The Hall–Kier alpha value is -2.24. The number of rotatable bonds is 5. The number of hydrogen-bond acceptors (Lipinski definition) is 4. The van der Waals surface area contributed by atoms with Gasteiger partial charge in [-0.25, -0.2) is 0 Å². The van der Waals surface area contributed by atoms with Crippen molar-refractivity contribution in [3.8, 4) is 5.75 Å². The molecular weight excluding hydrogens is 458 g/mol. The second kappa shape index (κ2) is 9.33. The molecule has 188 valence electrons. The van der Waals surface area contributed by atoms with Crippen LogP contribution < -0.4 is 10.5 Å². The highest BCUT2D eigenvalue weighted by Gasteiger charge is 2.64. The van der Waals surface area contributed by atoms with Crippen LogP contribution in [0, 0.1) is 5.41 Å². The summed E-state index contributed by atoms with van der Waals surface area (Å²) in [6.45, 7) is 10.4. The summed E-state index contributed by atoms with van der Waals surface area (Å²) in [7, 11) is 0. The van der Waals surface area contributed by atoms with Crippen molar-refractivity contribution in [2.75, 3.05) is 31.9 Å². The highest BCUT2D eigenvalue weighted by molar-refractivity contribution is 6.33. The van der Waals surface area contributed by atoms with E-state index in [9.17, 15) is 4.79 Å². The number of benzene rings is 2. The summed E-state index contributed by atoms with van der Waals surface area (Å²) in [6, 6.07) is 14.7. The first-order chi connectivity index (χ1) is 16.7. The molecule has 5 nitrogen and oxygen atoms in total. The minimum Gasteiger partial charge on any atom is -0.491 e. The molecule has 6 heteroatoms. The molecule has 2 aliphatic heterocycles. The van der Waals surface area contributed by atoms with E-state index in [1.807, 2.05) is 4.90 Å². The Kier molecular flexibility index (Phi) is 6.52. The maximum Gasteiger partial charge on any atom is 0.255 e. The molecule has 0 bridgehead atoms. The summed E-state index contributed by atoms with van der Waals surface area (Å²) < 4.78 is 5.84. The lowest BCUT2D eigenvalue weighted by Crippen LogP contribution is -2.49. The first kappa shape index (κ1) is 24.5. The van der Waals surface area contributed by atoms with E-state index >= 15 is 0 Å². The standard InChI is InChI=1S/C29H38ClN3O2/c1-20(2)35-23-9-7-21(8-10-23)28(3)19-29(28)13-17-32(18-14-29)22-11-15-33(16-12-22)27(34)24-5-4-6-25(30)26(24)31/h4-10,20,22H,11-19,31H2,1-3H3. The van der Waals surface area contributed by atoms with Crippen molar-refractivity contribution in [1.82, 2.24) is 9.80 Å². The number of carbonyl (C=O) groups is 1. The van der Waals surface area contributed by atoms with E-state index in [1.54, 1.807) is 18.2 Å². The molecule has 2 aromatic carbocycles. The quantitative estimate of drug-likeness (QED) is 0.536. The first-order valence-electron chi connectivity index (χ1n) is 13.1. The largest absolute Gasteiger partial charge is 0.491 e. The number of ether oxygens (including phenoxy) is 1. The number of carbonyl (C=O) groups excluding carboxylic acids is 1. The Labute approximate surface area is 214 Å². The van der Waals surface area contributed by atoms with E-state index < -0.39 is 0 Å². The van der Waals surface area contributed by atoms with Gasteiger partial charge in [-0.1, -0.05) is 36.7 Å². The molecule has 1 saturated carbocycles. The lowest BCUT2D eigenvalue weighted by atomic mass is 9.80. The topological polar surface area (TPSA) is 58.8 Å². The van der Waals surface area contributed by atoms with Gasteiger partial charge in [-0.2, -0.15) is 0 Å². The van der Waals surface area contributed by atoms with Crippen LogP contribution in [0.25, 0.3) is 0 Å². The van der Waals surface area contributed by atoms with Crippen LogP contribution >= 0.6 is 11.6 Å². The van der Waals surface area contributed by atoms with E-state index in [1.165, 1.54) is 24.8 Å². The zero-order chi connectivity index (χ0) is 24.8. The van der Waals surface area contributed by atoms with Crippen molar-refractivity contribution < 1.29 is 9.53 Å². The summed E-state index contributed by atoms with van der Waals surface area (Å²) >= 11 is 6.13. The van der Waals surface area contributed by atoms with Crippen molar-refractivity contribution in [3.63, 3.8) is 0 Å². The van der Waals surface area contributed by atoms with Gasteiger partial charge in [0, 0.05) is 19.1 Å². The number of likely N-dealkylation sites (tertiary alicyclic amines) is 2. The number of nitrogens with two attached hydrogens (primary N) is 1. The summed E-state index contributed by atoms with van der Waals surface area (Å²) in [4.78, 5) is 17.6. The maximum absolute atomic E-state index is 13.0. The van der Waals surface area contributed by atoms with Gasteiger partial charge < -0.3 is 20.3 Å². The van der Waals surface area contributed by atoms with E-state index in [0.717, 1.165) is 44.8 Å². The Bertz CT molecular complexity index is 1070. The van der Waals surface area contributed by atoms with Gasteiger partial charge in [0.15, 0.2) is 0 Å². The van der Waals surface area contributed by atoms with E-state index in [4.69, 9.17) is 22.1 Å². The van der Waals surface area contributed by atoms with Crippen molar-refractivity contribution in [3.05, 3.63) is 58.6 Å². The molecule has 2 heterocycles. The number of nitrogens with zero attached hydrogens (tertiary/aromatic N) is 2. The van der Waals surface area contributed by atoms with Gasteiger partial charge in [0.05, 0.1) is 22.4 Å². The van der Waals surface area contributed by atoms with Gasteiger partial charge in [-0.15, -0.1) is 0 Å². The van der Waals surface area contributed by atoms with Gasteiger partial charge in [-0.05, 0) is 99.7 Å². The average molecular weight is 496 g/mol. The minimum atomic E-state index is -0.000364. The van der Waals surface area contributed by atoms with Gasteiger partial charge >= 0.3 is 0 Å². The minimum absolute atomic E-state index is 0.000364. The number of halogens is 1. The van der Waals surface area contributed by atoms with Crippen LogP contribution in [0.5, 0.6) is 5.75 Å². The molecule has 5 rings (SSSR count). The molecule has 1 atom stereocenters. The normalized spacial score (nSPS) is 24.7. The lowest BCUT2D eigenvalue weighted by Gasteiger charge is -2.43. The summed E-state index contributed by atoms with van der Waals surface area (Å²) in [5, 5.41) is 0.444. The molecule has 3 fully saturated rings. The van der Waals surface area contributed by atoms with E-state index in [2.05, 4.69) is 49.9 Å². The van der Waals surface area contributed by atoms with Gasteiger partial charge in [0.2, 0.25) is 0 Å². The molecule has 3 aliphatic rings. The third kappa shape index (κ3) is 4.53. The molecular formula is C29H38ClN3O2. The molecule has 1 unspecified atom stereocenters. The third-order valence-corrected chi connectivity index (χ3v) is 9.24. The lowest BCUT2D eigenvalue weighted by molar-refractivity contribution is 0.0519. The molecule has 1 amide bonds. The molecule has 2 saturated heterocycles. The summed E-state index contributed by atoms with van der Waals surface area (Å²) in [5.74, 6) is 0.958.